The number of amides is 1. The summed E-state index contributed by atoms with van der Waals surface area (Å²) in [6, 6.07) is 7.59. The standard InChI is InChI=1S/C15H18FNO3/c1-11-5-3-4-6-12(11)9-13(18)17-8-7-15(16,10-17)14(19)20-2/h3-6H,7-10H2,1-2H3. The highest BCUT2D eigenvalue weighted by molar-refractivity contribution is 5.84. The molecule has 1 atom stereocenters. The van der Waals surface area contributed by atoms with Crippen molar-refractivity contribution in [2.75, 3.05) is 20.2 Å². The van der Waals surface area contributed by atoms with Crippen LogP contribution in [0.3, 0.4) is 0 Å². The van der Waals surface area contributed by atoms with Crippen molar-refractivity contribution in [3.63, 3.8) is 0 Å². The zero-order valence-electron chi connectivity index (χ0n) is 11.7. The summed E-state index contributed by atoms with van der Waals surface area (Å²) in [6.45, 7) is 1.96. The molecule has 0 aromatic heterocycles. The molecule has 1 amide bonds. The number of esters is 1. The minimum Gasteiger partial charge on any atom is -0.467 e. The van der Waals surface area contributed by atoms with Crippen molar-refractivity contribution in [1.29, 1.82) is 0 Å². The van der Waals surface area contributed by atoms with Gasteiger partial charge in [0.05, 0.1) is 20.1 Å². The van der Waals surface area contributed by atoms with Gasteiger partial charge in [0.1, 0.15) is 0 Å². The first-order valence-corrected chi connectivity index (χ1v) is 6.56. The number of hydrogen-bond donors (Lipinski definition) is 0. The highest BCUT2D eigenvalue weighted by atomic mass is 19.1. The summed E-state index contributed by atoms with van der Waals surface area (Å²) < 4.78 is 18.7. The molecule has 1 aliphatic rings. The van der Waals surface area contributed by atoms with Gasteiger partial charge in [-0.05, 0) is 18.1 Å². The lowest BCUT2D eigenvalue weighted by molar-refractivity contribution is -0.154. The van der Waals surface area contributed by atoms with Gasteiger partial charge in [-0.2, -0.15) is 0 Å². The van der Waals surface area contributed by atoms with E-state index in [0.717, 1.165) is 18.2 Å². The Morgan fingerprint density at radius 2 is 2.10 bits per heavy atom. The Kier molecular flexibility index (Phi) is 4.06. The molecule has 0 radical (unpaired) electrons. The monoisotopic (exact) mass is 279 g/mol. The van der Waals surface area contributed by atoms with Crippen LogP contribution in [0.4, 0.5) is 4.39 Å². The molecule has 20 heavy (non-hydrogen) atoms. The fourth-order valence-electron chi connectivity index (χ4n) is 2.42. The Labute approximate surface area is 117 Å². The molecule has 1 saturated heterocycles. The van der Waals surface area contributed by atoms with Crippen LogP contribution in [0, 0.1) is 6.92 Å². The van der Waals surface area contributed by atoms with Gasteiger partial charge in [-0.1, -0.05) is 24.3 Å². The van der Waals surface area contributed by atoms with E-state index in [-0.39, 0.29) is 31.8 Å². The topological polar surface area (TPSA) is 46.6 Å². The molecule has 1 heterocycles. The summed E-state index contributed by atoms with van der Waals surface area (Å²) in [7, 11) is 1.15. The summed E-state index contributed by atoms with van der Waals surface area (Å²) in [4.78, 5) is 24.9. The fraction of sp³-hybridized carbons (Fsp3) is 0.467. The average molecular weight is 279 g/mol. The molecular formula is C15H18FNO3. The number of carbonyl (C=O) groups is 2. The van der Waals surface area contributed by atoms with Crippen molar-refractivity contribution in [2.24, 2.45) is 0 Å². The first kappa shape index (κ1) is 14.5. The summed E-state index contributed by atoms with van der Waals surface area (Å²) in [5.41, 5.74) is -0.109. The predicted octanol–water partition coefficient (Wildman–Crippen LogP) is 1.65. The summed E-state index contributed by atoms with van der Waals surface area (Å²) in [5.74, 6) is -1.06. The van der Waals surface area contributed by atoms with Crippen LogP contribution in [0.25, 0.3) is 0 Å². The Bertz CT molecular complexity index is 532. The summed E-state index contributed by atoms with van der Waals surface area (Å²) >= 11 is 0. The van der Waals surface area contributed by atoms with E-state index in [1.54, 1.807) is 0 Å². The van der Waals surface area contributed by atoms with Gasteiger partial charge in [0.15, 0.2) is 0 Å². The third-order valence-electron chi connectivity index (χ3n) is 3.73. The van der Waals surface area contributed by atoms with Gasteiger partial charge in [-0.25, -0.2) is 9.18 Å². The number of ether oxygens (including phenoxy) is 1. The number of carbonyl (C=O) groups excluding carboxylic acids is 2. The van der Waals surface area contributed by atoms with Crippen LogP contribution in [0.5, 0.6) is 0 Å². The van der Waals surface area contributed by atoms with Gasteiger partial charge in [0, 0.05) is 13.0 Å². The van der Waals surface area contributed by atoms with E-state index in [4.69, 9.17) is 0 Å². The van der Waals surface area contributed by atoms with Crippen LogP contribution in [-0.2, 0) is 20.7 Å². The van der Waals surface area contributed by atoms with Gasteiger partial charge in [0.2, 0.25) is 11.6 Å². The van der Waals surface area contributed by atoms with Crippen LogP contribution < -0.4 is 0 Å². The van der Waals surface area contributed by atoms with Crippen LogP contribution in [0.15, 0.2) is 24.3 Å². The second-order valence-electron chi connectivity index (χ2n) is 5.13. The third-order valence-corrected chi connectivity index (χ3v) is 3.73. The largest absolute Gasteiger partial charge is 0.467 e. The number of alkyl halides is 1. The van der Waals surface area contributed by atoms with E-state index in [2.05, 4.69) is 4.74 Å². The average Bonchev–Trinajstić information content (AvgIpc) is 2.84. The maximum Gasteiger partial charge on any atom is 0.345 e. The number of nitrogens with zero attached hydrogens (tertiary/aromatic N) is 1. The highest BCUT2D eigenvalue weighted by Gasteiger charge is 2.47. The SMILES string of the molecule is COC(=O)C1(F)CCN(C(=O)Cc2ccccc2C)C1. The molecule has 0 saturated carbocycles. The Morgan fingerprint density at radius 3 is 2.75 bits per heavy atom. The van der Waals surface area contributed by atoms with E-state index < -0.39 is 11.6 Å². The van der Waals surface area contributed by atoms with Gasteiger partial charge in [0.25, 0.3) is 0 Å². The number of likely N-dealkylation sites (tertiary alicyclic amines) is 1. The van der Waals surface area contributed by atoms with E-state index >= 15 is 0 Å². The summed E-state index contributed by atoms with van der Waals surface area (Å²) in [5, 5.41) is 0. The highest BCUT2D eigenvalue weighted by Crippen LogP contribution is 2.27. The lowest BCUT2D eigenvalue weighted by Gasteiger charge is -2.19. The first-order chi connectivity index (χ1) is 9.46. The van der Waals surface area contributed by atoms with E-state index in [0.29, 0.717) is 0 Å². The second-order valence-corrected chi connectivity index (χ2v) is 5.13. The van der Waals surface area contributed by atoms with Gasteiger partial charge in [-0.3, -0.25) is 4.79 Å². The first-order valence-electron chi connectivity index (χ1n) is 6.56. The smallest absolute Gasteiger partial charge is 0.345 e. The predicted molar refractivity (Wildman–Crippen MR) is 71.9 cm³/mol. The van der Waals surface area contributed by atoms with E-state index in [1.807, 2.05) is 31.2 Å². The molecule has 1 fully saturated rings. The molecule has 0 bridgehead atoms. The Balaban J connectivity index is 2.02. The normalized spacial score (nSPS) is 21.9. The maximum absolute atomic E-state index is 14.3. The molecule has 0 aliphatic carbocycles. The molecule has 1 aromatic rings. The van der Waals surface area contributed by atoms with Crippen LogP contribution in [0.1, 0.15) is 17.5 Å². The van der Waals surface area contributed by atoms with Gasteiger partial charge in [-0.15, -0.1) is 0 Å². The molecular weight excluding hydrogens is 261 g/mol. The Morgan fingerprint density at radius 1 is 1.40 bits per heavy atom. The van der Waals surface area contributed by atoms with Crippen LogP contribution in [0.2, 0.25) is 0 Å². The Hall–Kier alpha value is -1.91. The van der Waals surface area contributed by atoms with E-state index in [1.165, 1.54) is 4.90 Å². The van der Waals surface area contributed by atoms with Crippen LogP contribution >= 0.6 is 0 Å². The molecule has 2 rings (SSSR count). The molecule has 1 unspecified atom stereocenters. The molecule has 1 aliphatic heterocycles. The molecule has 0 N–H and O–H groups in total. The van der Waals surface area contributed by atoms with Crippen molar-refractivity contribution >= 4 is 11.9 Å². The lowest BCUT2D eigenvalue weighted by Crippen LogP contribution is -2.40. The van der Waals surface area contributed by atoms with Gasteiger partial charge < -0.3 is 9.64 Å². The summed E-state index contributed by atoms with van der Waals surface area (Å²) in [6.07, 6.45) is 0.225. The lowest BCUT2D eigenvalue weighted by atomic mass is 10.1. The van der Waals surface area contributed by atoms with Crippen molar-refractivity contribution in [3.05, 3.63) is 35.4 Å². The van der Waals surface area contributed by atoms with Crippen molar-refractivity contribution < 1.29 is 18.7 Å². The number of methoxy groups -OCH3 is 1. The molecule has 1 aromatic carbocycles. The maximum atomic E-state index is 14.3. The quantitative estimate of drug-likeness (QED) is 0.790. The number of benzene rings is 1. The van der Waals surface area contributed by atoms with Crippen LogP contribution in [-0.4, -0.2) is 42.6 Å². The minimum absolute atomic E-state index is 0.000808. The second kappa shape index (κ2) is 5.61. The number of aryl methyl sites for hydroxylation is 1. The van der Waals surface area contributed by atoms with Crippen molar-refractivity contribution in [2.45, 2.75) is 25.4 Å². The molecule has 5 heteroatoms. The third kappa shape index (κ3) is 2.81. The van der Waals surface area contributed by atoms with Crippen molar-refractivity contribution in [3.8, 4) is 0 Å². The number of halogens is 1. The zero-order chi connectivity index (χ0) is 14.8. The molecule has 0 spiro atoms. The molecule has 108 valence electrons. The minimum atomic E-state index is -2.06. The number of hydrogen-bond acceptors (Lipinski definition) is 3. The number of rotatable bonds is 3. The fourth-order valence-corrected chi connectivity index (χ4v) is 2.42. The molecule has 4 nitrogen and oxygen atoms in total. The zero-order valence-corrected chi connectivity index (χ0v) is 11.7. The van der Waals surface area contributed by atoms with Gasteiger partial charge >= 0.3 is 5.97 Å². The van der Waals surface area contributed by atoms with E-state index in [9.17, 15) is 14.0 Å². The van der Waals surface area contributed by atoms with Crippen molar-refractivity contribution in [1.82, 2.24) is 4.90 Å².